The topological polar surface area (TPSA) is 30.0 Å². The first kappa shape index (κ1) is 11.6. The fraction of sp³-hybridized carbons (Fsp3) is 0.538. The molecule has 2 nitrogen and oxygen atoms in total. The van der Waals surface area contributed by atoms with Gasteiger partial charge in [-0.25, -0.2) is 0 Å². The van der Waals surface area contributed by atoms with Crippen LogP contribution in [-0.2, 0) is 0 Å². The van der Waals surface area contributed by atoms with Crippen molar-refractivity contribution in [3.63, 3.8) is 0 Å². The van der Waals surface area contributed by atoms with Crippen LogP contribution in [0.5, 0.6) is 0 Å². The first-order valence-electron chi connectivity index (χ1n) is 5.83. The van der Waals surface area contributed by atoms with Crippen molar-refractivity contribution in [2.24, 2.45) is 0 Å². The molecule has 1 aliphatic rings. The van der Waals surface area contributed by atoms with Crippen LogP contribution in [0.3, 0.4) is 0 Å². The van der Waals surface area contributed by atoms with Crippen LogP contribution in [0.1, 0.15) is 41.6 Å². The fourth-order valence-electron chi connectivity index (χ4n) is 2.08. The number of hydrogen-bond acceptors (Lipinski definition) is 3. The van der Waals surface area contributed by atoms with Gasteiger partial charge in [0.25, 0.3) is 0 Å². The molecule has 16 heavy (non-hydrogen) atoms. The number of pyridine rings is 1. The summed E-state index contributed by atoms with van der Waals surface area (Å²) >= 11 is 1.82. The van der Waals surface area contributed by atoms with E-state index in [1.54, 1.807) is 12.4 Å². The Morgan fingerprint density at radius 3 is 2.94 bits per heavy atom. The Kier molecular flexibility index (Phi) is 3.99. The van der Waals surface area contributed by atoms with E-state index in [2.05, 4.69) is 4.98 Å². The predicted molar refractivity (Wildman–Crippen MR) is 68.0 cm³/mol. The van der Waals surface area contributed by atoms with E-state index in [0.29, 0.717) is 11.0 Å². The van der Waals surface area contributed by atoms with Crippen molar-refractivity contribution in [2.75, 3.05) is 5.75 Å². The van der Waals surface area contributed by atoms with Gasteiger partial charge < -0.3 is 0 Å². The number of carbonyl (C=O) groups is 1. The van der Waals surface area contributed by atoms with E-state index in [1.807, 2.05) is 24.8 Å². The van der Waals surface area contributed by atoms with Crippen LogP contribution < -0.4 is 0 Å². The first-order chi connectivity index (χ1) is 7.77. The molecule has 0 atom stereocenters. The minimum atomic E-state index is 0.225. The molecular formula is C13H17NOS. The van der Waals surface area contributed by atoms with Gasteiger partial charge in [-0.15, -0.1) is 0 Å². The number of rotatable bonds is 4. The number of hydrogen-bond donors (Lipinski definition) is 0. The molecule has 0 aromatic carbocycles. The van der Waals surface area contributed by atoms with Gasteiger partial charge in [-0.3, -0.25) is 9.78 Å². The maximum absolute atomic E-state index is 12.0. The van der Waals surface area contributed by atoms with Crippen molar-refractivity contribution in [1.82, 2.24) is 4.98 Å². The summed E-state index contributed by atoms with van der Waals surface area (Å²) in [5.41, 5.74) is 1.82. The second kappa shape index (κ2) is 5.48. The van der Waals surface area contributed by atoms with Crippen molar-refractivity contribution < 1.29 is 4.79 Å². The number of carbonyl (C=O) groups excluding carboxylic acids is 1. The highest BCUT2D eigenvalue weighted by Crippen LogP contribution is 2.29. The number of thioether (sulfide) groups is 1. The lowest BCUT2D eigenvalue weighted by Gasteiger charge is -2.08. The lowest BCUT2D eigenvalue weighted by Crippen LogP contribution is -2.08. The number of aryl methyl sites for hydroxylation is 1. The Morgan fingerprint density at radius 1 is 1.50 bits per heavy atom. The Hall–Kier alpha value is -0.830. The number of nitrogens with zero attached hydrogens (tertiary/aromatic N) is 1. The molecule has 3 heteroatoms. The standard InChI is InChI=1S/C13H17NOS/c1-10-6-7-14-8-12(10)13(15)9-16-11-4-2-3-5-11/h6-8,11H,2-5,9H2,1H3. The zero-order chi connectivity index (χ0) is 11.4. The molecule has 0 aliphatic heterocycles. The van der Waals surface area contributed by atoms with Crippen molar-refractivity contribution >= 4 is 17.5 Å². The van der Waals surface area contributed by atoms with E-state index in [9.17, 15) is 4.79 Å². The van der Waals surface area contributed by atoms with E-state index >= 15 is 0 Å². The first-order valence-corrected chi connectivity index (χ1v) is 6.87. The summed E-state index contributed by atoms with van der Waals surface area (Å²) in [6, 6.07) is 1.90. The van der Waals surface area contributed by atoms with Crippen LogP contribution in [-0.4, -0.2) is 21.8 Å². The molecule has 1 aromatic heterocycles. The SMILES string of the molecule is Cc1ccncc1C(=O)CSC1CCCC1. The van der Waals surface area contributed by atoms with Crippen molar-refractivity contribution in [3.8, 4) is 0 Å². The molecule has 1 aliphatic carbocycles. The third-order valence-electron chi connectivity index (χ3n) is 3.09. The van der Waals surface area contributed by atoms with Crippen LogP contribution in [0, 0.1) is 6.92 Å². The maximum atomic E-state index is 12.0. The minimum Gasteiger partial charge on any atom is -0.293 e. The van der Waals surface area contributed by atoms with E-state index in [-0.39, 0.29) is 5.78 Å². The summed E-state index contributed by atoms with van der Waals surface area (Å²) in [5, 5.41) is 0.709. The van der Waals surface area contributed by atoms with E-state index in [1.165, 1.54) is 25.7 Å². The van der Waals surface area contributed by atoms with Gasteiger partial charge >= 0.3 is 0 Å². The van der Waals surface area contributed by atoms with Crippen LogP contribution >= 0.6 is 11.8 Å². The molecule has 0 N–H and O–H groups in total. The van der Waals surface area contributed by atoms with E-state index in [0.717, 1.165) is 11.1 Å². The van der Waals surface area contributed by atoms with Gasteiger partial charge in [0, 0.05) is 23.2 Å². The second-order valence-electron chi connectivity index (χ2n) is 4.33. The average Bonchev–Trinajstić information content (AvgIpc) is 2.79. The highest BCUT2D eigenvalue weighted by molar-refractivity contribution is 8.00. The van der Waals surface area contributed by atoms with E-state index < -0.39 is 0 Å². The largest absolute Gasteiger partial charge is 0.293 e. The molecule has 0 amide bonds. The lowest BCUT2D eigenvalue weighted by atomic mass is 10.1. The molecule has 0 radical (unpaired) electrons. The molecule has 1 aromatic rings. The van der Waals surface area contributed by atoms with E-state index in [4.69, 9.17) is 0 Å². The third kappa shape index (κ3) is 2.85. The monoisotopic (exact) mass is 235 g/mol. The summed E-state index contributed by atoms with van der Waals surface area (Å²) in [7, 11) is 0. The molecule has 0 spiro atoms. The molecule has 0 bridgehead atoms. The molecular weight excluding hydrogens is 218 g/mol. The smallest absolute Gasteiger partial charge is 0.174 e. The second-order valence-corrected chi connectivity index (χ2v) is 5.62. The highest BCUT2D eigenvalue weighted by atomic mass is 32.2. The van der Waals surface area contributed by atoms with Gasteiger partial charge in [0.1, 0.15) is 0 Å². The third-order valence-corrected chi connectivity index (χ3v) is 4.46. The number of Topliss-reactive ketones (excluding diaryl/α,β-unsaturated/α-hetero) is 1. The van der Waals surface area contributed by atoms with Crippen LogP contribution in [0.4, 0.5) is 0 Å². The van der Waals surface area contributed by atoms with Crippen molar-refractivity contribution in [3.05, 3.63) is 29.6 Å². The lowest BCUT2D eigenvalue weighted by molar-refractivity contribution is 0.102. The molecule has 0 saturated heterocycles. The van der Waals surface area contributed by atoms with Crippen LogP contribution in [0.15, 0.2) is 18.5 Å². The molecule has 0 unspecified atom stereocenters. The highest BCUT2D eigenvalue weighted by Gasteiger charge is 2.17. The Balaban J connectivity index is 1.90. The fourth-order valence-corrected chi connectivity index (χ4v) is 3.29. The summed E-state index contributed by atoms with van der Waals surface area (Å²) < 4.78 is 0. The molecule has 1 saturated carbocycles. The molecule has 2 rings (SSSR count). The Morgan fingerprint density at radius 2 is 2.25 bits per heavy atom. The zero-order valence-electron chi connectivity index (χ0n) is 9.61. The zero-order valence-corrected chi connectivity index (χ0v) is 10.4. The Labute approximate surface area is 101 Å². The van der Waals surface area contributed by atoms with Gasteiger partial charge in [-0.05, 0) is 31.4 Å². The normalized spacial score (nSPS) is 16.6. The van der Waals surface area contributed by atoms with Gasteiger partial charge in [-0.2, -0.15) is 11.8 Å². The predicted octanol–water partition coefficient (Wildman–Crippen LogP) is 3.25. The van der Waals surface area contributed by atoms with Gasteiger partial charge in [0.2, 0.25) is 0 Å². The summed E-state index contributed by atoms with van der Waals surface area (Å²) in [4.78, 5) is 16.0. The van der Waals surface area contributed by atoms with Crippen LogP contribution in [0.2, 0.25) is 0 Å². The summed E-state index contributed by atoms with van der Waals surface area (Å²) in [5.74, 6) is 0.833. The van der Waals surface area contributed by atoms with Gasteiger partial charge in [-0.1, -0.05) is 12.8 Å². The molecule has 1 heterocycles. The Bertz CT molecular complexity index is 372. The minimum absolute atomic E-state index is 0.225. The summed E-state index contributed by atoms with van der Waals surface area (Å²) in [6.45, 7) is 1.97. The van der Waals surface area contributed by atoms with Gasteiger partial charge in [0.15, 0.2) is 5.78 Å². The van der Waals surface area contributed by atoms with Crippen LogP contribution in [0.25, 0.3) is 0 Å². The number of aromatic nitrogens is 1. The van der Waals surface area contributed by atoms with Crippen molar-refractivity contribution in [2.45, 2.75) is 37.9 Å². The maximum Gasteiger partial charge on any atom is 0.174 e. The quantitative estimate of drug-likeness (QED) is 0.750. The van der Waals surface area contributed by atoms with Crippen molar-refractivity contribution in [1.29, 1.82) is 0 Å². The summed E-state index contributed by atoms with van der Waals surface area (Å²) in [6.07, 6.45) is 8.65. The number of ketones is 1. The average molecular weight is 235 g/mol. The van der Waals surface area contributed by atoms with Gasteiger partial charge in [0.05, 0.1) is 5.75 Å². The molecule has 86 valence electrons. The molecule has 1 fully saturated rings.